The lowest BCUT2D eigenvalue weighted by Gasteiger charge is -2.28. The Morgan fingerprint density at radius 1 is 1.29 bits per heavy atom. The number of nitrogens with zero attached hydrogens (tertiary/aromatic N) is 1. The molecule has 0 saturated carbocycles. The van der Waals surface area contributed by atoms with Crippen LogP contribution in [0, 0.1) is 5.92 Å². The minimum Gasteiger partial charge on any atom is -0.372 e. The smallest absolute Gasteiger partial charge is 0.0366 e. The van der Waals surface area contributed by atoms with Crippen molar-refractivity contribution in [2.24, 2.45) is 5.92 Å². The molecule has 0 amide bonds. The number of rotatable bonds is 5. The van der Waals surface area contributed by atoms with E-state index >= 15 is 0 Å². The third kappa shape index (κ3) is 3.74. The van der Waals surface area contributed by atoms with Crippen molar-refractivity contribution >= 4 is 5.69 Å². The Morgan fingerprint density at radius 2 is 2.12 bits per heavy atom. The van der Waals surface area contributed by atoms with Gasteiger partial charge in [0.1, 0.15) is 0 Å². The molecular weight excluding hydrogens is 208 g/mol. The highest BCUT2D eigenvalue weighted by Crippen LogP contribution is 2.18. The standard InChI is InChI=1S/C15H24N2/c1-2-17(15-8-4-3-5-9-15)12-10-14-7-6-11-16-13-14/h3-5,8-9,14,16H,2,6-7,10-13H2,1H3. The van der Waals surface area contributed by atoms with Gasteiger partial charge in [0.2, 0.25) is 0 Å². The minimum atomic E-state index is 0.876. The molecule has 0 radical (unpaired) electrons. The highest BCUT2D eigenvalue weighted by Gasteiger charge is 2.14. The fourth-order valence-corrected chi connectivity index (χ4v) is 2.62. The average Bonchev–Trinajstić information content (AvgIpc) is 2.42. The summed E-state index contributed by atoms with van der Waals surface area (Å²) in [6.07, 6.45) is 4.07. The lowest BCUT2D eigenvalue weighted by Crippen LogP contribution is -2.33. The molecule has 1 fully saturated rings. The number of para-hydroxylation sites is 1. The maximum Gasteiger partial charge on any atom is 0.0366 e. The number of anilines is 1. The summed E-state index contributed by atoms with van der Waals surface area (Å²) in [4.78, 5) is 2.48. The first kappa shape index (κ1) is 12.4. The van der Waals surface area contributed by atoms with Crippen LogP contribution >= 0.6 is 0 Å². The van der Waals surface area contributed by atoms with Crippen LogP contribution in [0.25, 0.3) is 0 Å². The lowest BCUT2D eigenvalue weighted by atomic mass is 9.96. The van der Waals surface area contributed by atoms with E-state index in [9.17, 15) is 0 Å². The molecule has 2 rings (SSSR count). The fraction of sp³-hybridized carbons (Fsp3) is 0.600. The molecular formula is C15H24N2. The van der Waals surface area contributed by atoms with E-state index in [1.165, 1.54) is 44.6 Å². The zero-order valence-corrected chi connectivity index (χ0v) is 10.9. The molecule has 2 heteroatoms. The van der Waals surface area contributed by atoms with Gasteiger partial charge in [-0.15, -0.1) is 0 Å². The van der Waals surface area contributed by atoms with Crippen molar-refractivity contribution in [3.05, 3.63) is 30.3 Å². The van der Waals surface area contributed by atoms with Crippen molar-refractivity contribution in [3.63, 3.8) is 0 Å². The molecule has 1 saturated heterocycles. The Morgan fingerprint density at radius 3 is 2.76 bits per heavy atom. The van der Waals surface area contributed by atoms with Gasteiger partial charge in [0, 0.05) is 18.8 Å². The van der Waals surface area contributed by atoms with Gasteiger partial charge in [0.05, 0.1) is 0 Å². The van der Waals surface area contributed by atoms with Crippen molar-refractivity contribution in [2.75, 3.05) is 31.1 Å². The van der Waals surface area contributed by atoms with E-state index in [1.54, 1.807) is 0 Å². The van der Waals surface area contributed by atoms with Crippen molar-refractivity contribution in [1.82, 2.24) is 5.32 Å². The zero-order valence-electron chi connectivity index (χ0n) is 10.9. The van der Waals surface area contributed by atoms with Crippen LogP contribution in [0.4, 0.5) is 5.69 Å². The molecule has 1 aliphatic rings. The van der Waals surface area contributed by atoms with Gasteiger partial charge >= 0.3 is 0 Å². The summed E-state index contributed by atoms with van der Waals surface area (Å²) in [6.45, 7) is 6.96. The first-order valence-corrected chi connectivity index (χ1v) is 6.91. The molecule has 94 valence electrons. The first-order valence-electron chi connectivity index (χ1n) is 6.91. The average molecular weight is 232 g/mol. The first-order chi connectivity index (χ1) is 8.40. The van der Waals surface area contributed by atoms with Crippen molar-refractivity contribution < 1.29 is 0 Å². The van der Waals surface area contributed by atoms with E-state index < -0.39 is 0 Å². The van der Waals surface area contributed by atoms with E-state index in [0.717, 1.165) is 12.5 Å². The van der Waals surface area contributed by atoms with E-state index in [4.69, 9.17) is 0 Å². The number of benzene rings is 1. The molecule has 0 aromatic heterocycles. The van der Waals surface area contributed by atoms with Gasteiger partial charge in [-0.1, -0.05) is 18.2 Å². The summed E-state index contributed by atoms with van der Waals surface area (Å²) in [5, 5.41) is 3.50. The summed E-state index contributed by atoms with van der Waals surface area (Å²) >= 11 is 0. The normalized spacial score (nSPS) is 20.2. The Labute approximate surface area is 105 Å². The second-order valence-corrected chi connectivity index (χ2v) is 4.92. The molecule has 1 aliphatic heterocycles. The van der Waals surface area contributed by atoms with Crippen LogP contribution in [0.2, 0.25) is 0 Å². The lowest BCUT2D eigenvalue weighted by molar-refractivity contribution is 0.359. The molecule has 0 aliphatic carbocycles. The Balaban J connectivity index is 1.83. The monoisotopic (exact) mass is 232 g/mol. The summed E-state index contributed by atoms with van der Waals surface area (Å²) in [7, 11) is 0. The highest BCUT2D eigenvalue weighted by atomic mass is 15.1. The summed E-state index contributed by atoms with van der Waals surface area (Å²) < 4.78 is 0. The molecule has 1 N–H and O–H groups in total. The molecule has 17 heavy (non-hydrogen) atoms. The number of hydrogen-bond acceptors (Lipinski definition) is 2. The predicted octanol–water partition coefficient (Wildman–Crippen LogP) is 2.90. The van der Waals surface area contributed by atoms with E-state index in [-0.39, 0.29) is 0 Å². The van der Waals surface area contributed by atoms with E-state index in [2.05, 4.69) is 47.5 Å². The van der Waals surface area contributed by atoms with Crippen LogP contribution in [0.1, 0.15) is 26.2 Å². The van der Waals surface area contributed by atoms with Crippen LogP contribution in [0.3, 0.4) is 0 Å². The summed E-state index contributed by atoms with van der Waals surface area (Å²) in [6, 6.07) is 10.8. The quantitative estimate of drug-likeness (QED) is 0.839. The fourth-order valence-electron chi connectivity index (χ4n) is 2.62. The molecule has 0 spiro atoms. The van der Waals surface area contributed by atoms with Gasteiger partial charge in [0.25, 0.3) is 0 Å². The maximum atomic E-state index is 3.50. The van der Waals surface area contributed by atoms with Gasteiger partial charge in [-0.2, -0.15) is 0 Å². The van der Waals surface area contributed by atoms with Gasteiger partial charge in [-0.3, -0.25) is 0 Å². The molecule has 1 aromatic carbocycles. The topological polar surface area (TPSA) is 15.3 Å². The SMILES string of the molecule is CCN(CCC1CCCNC1)c1ccccc1. The molecule has 1 heterocycles. The molecule has 1 atom stereocenters. The maximum absolute atomic E-state index is 3.50. The zero-order chi connectivity index (χ0) is 11.9. The summed E-state index contributed by atoms with van der Waals surface area (Å²) in [5.41, 5.74) is 1.36. The molecule has 0 bridgehead atoms. The second-order valence-electron chi connectivity index (χ2n) is 4.92. The second kappa shape index (κ2) is 6.65. The predicted molar refractivity (Wildman–Crippen MR) is 74.5 cm³/mol. The van der Waals surface area contributed by atoms with Crippen molar-refractivity contribution in [3.8, 4) is 0 Å². The third-order valence-electron chi connectivity index (χ3n) is 3.71. The van der Waals surface area contributed by atoms with Gasteiger partial charge < -0.3 is 10.2 Å². The molecule has 1 aromatic rings. The van der Waals surface area contributed by atoms with Crippen LogP contribution in [-0.4, -0.2) is 26.2 Å². The van der Waals surface area contributed by atoms with E-state index in [0.29, 0.717) is 0 Å². The Hall–Kier alpha value is -1.02. The van der Waals surface area contributed by atoms with Crippen molar-refractivity contribution in [2.45, 2.75) is 26.2 Å². The minimum absolute atomic E-state index is 0.876. The molecule has 2 nitrogen and oxygen atoms in total. The van der Waals surface area contributed by atoms with Crippen LogP contribution in [-0.2, 0) is 0 Å². The Bertz CT molecular complexity index is 304. The van der Waals surface area contributed by atoms with Crippen LogP contribution in [0.5, 0.6) is 0 Å². The van der Waals surface area contributed by atoms with Crippen LogP contribution < -0.4 is 10.2 Å². The van der Waals surface area contributed by atoms with Crippen molar-refractivity contribution in [1.29, 1.82) is 0 Å². The van der Waals surface area contributed by atoms with Crippen LogP contribution in [0.15, 0.2) is 30.3 Å². The summed E-state index contributed by atoms with van der Waals surface area (Å²) in [5.74, 6) is 0.876. The number of piperidine rings is 1. The Kier molecular flexibility index (Phi) is 4.87. The number of nitrogens with one attached hydrogen (secondary N) is 1. The highest BCUT2D eigenvalue weighted by molar-refractivity contribution is 5.45. The molecule has 1 unspecified atom stereocenters. The third-order valence-corrected chi connectivity index (χ3v) is 3.71. The van der Waals surface area contributed by atoms with Gasteiger partial charge in [-0.05, 0) is 57.3 Å². The van der Waals surface area contributed by atoms with Gasteiger partial charge in [-0.25, -0.2) is 0 Å². The largest absolute Gasteiger partial charge is 0.372 e. The van der Waals surface area contributed by atoms with E-state index in [1.807, 2.05) is 0 Å². The van der Waals surface area contributed by atoms with Gasteiger partial charge in [0.15, 0.2) is 0 Å². The number of hydrogen-bond donors (Lipinski definition) is 1.